The topological polar surface area (TPSA) is 41.9 Å². The Morgan fingerprint density at radius 1 is 0.970 bits per heavy atom. The number of halogens is 2. The minimum Gasteiger partial charge on any atom is -0.378 e. The van der Waals surface area contributed by atoms with Gasteiger partial charge in [0, 0.05) is 41.2 Å². The SMILES string of the molecule is C[C@H](c1ccccc1)N1CCC(=O)C2(C1)ON=C(c1ccc(Cl)cc1)[C@H]2c1ccc(Cl)cc1. The molecule has 2 aliphatic heterocycles. The molecule has 4 nitrogen and oxygen atoms in total. The summed E-state index contributed by atoms with van der Waals surface area (Å²) >= 11 is 12.3. The summed E-state index contributed by atoms with van der Waals surface area (Å²) in [4.78, 5) is 22.0. The molecule has 0 radical (unpaired) electrons. The first kappa shape index (κ1) is 22.1. The van der Waals surface area contributed by atoms with Gasteiger partial charge in [-0.15, -0.1) is 0 Å². The second-order valence-corrected chi connectivity index (χ2v) is 9.55. The fraction of sp³-hybridized carbons (Fsp3) is 0.259. The molecule has 1 spiro atoms. The second kappa shape index (κ2) is 8.94. The van der Waals surface area contributed by atoms with Gasteiger partial charge in [0.2, 0.25) is 5.60 Å². The molecule has 0 saturated carbocycles. The van der Waals surface area contributed by atoms with Crippen LogP contribution in [-0.4, -0.2) is 35.1 Å². The molecule has 0 aromatic heterocycles. The number of carbonyl (C=O) groups is 1. The molecule has 0 N–H and O–H groups in total. The van der Waals surface area contributed by atoms with Crippen LogP contribution in [-0.2, 0) is 9.63 Å². The first-order chi connectivity index (χ1) is 16.0. The van der Waals surface area contributed by atoms with Crippen molar-refractivity contribution < 1.29 is 9.63 Å². The molecule has 168 valence electrons. The Morgan fingerprint density at radius 2 is 1.61 bits per heavy atom. The predicted molar refractivity (Wildman–Crippen MR) is 132 cm³/mol. The predicted octanol–water partition coefficient (Wildman–Crippen LogP) is 6.29. The molecular formula is C27H24Cl2N2O2. The van der Waals surface area contributed by atoms with E-state index in [9.17, 15) is 4.79 Å². The number of benzene rings is 3. The monoisotopic (exact) mass is 478 g/mol. The molecule has 3 aromatic rings. The number of likely N-dealkylation sites (tertiary alicyclic amines) is 1. The van der Waals surface area contributed by atoms with Crippen LogP contribution in [0.5, 0.6) is 0 Å². The van der Waals surface area contributed by atoms with Crippen molar-refractivity contribution >= 4 is 34.7 Å². The smallest absolute Gasteiger partial charge is 0.220 e. The molecule has 33 heavy (non-hydrogen) atoms. The Morgan fingerprint density at radius 3 is 2.27 bits per heavy atom. The van der Waals surface area contributed by atoms with Crippen molar-refractivity contribution in [3.05, 3.63) is 106 Å². The van der Waals surface area contributed by atoms with Crippen LogP contribution in [0.25, 0.3) is 0 Å². The highest BCUT2D eigenvalue weighted by atomic mass is 35.5. The average Bonchev–Trinajstić information content (AvgIpc) is 3.21. The first-order valence-corrected chi connectivity index (χ1v) is 11.8. The Labute approximate surface area is 203 Å². The third-order valence-electron chi connectivity index (χ3n) is 6.76. The van der Waals surface area contributed by atoms with Gasteiger partial charge in [0.15, 0.2) is 5.78 Å². The van der Waals surface area contributed by atoms with E-state index < -0.39 is 5.60 Å². The zero-order chi connectivity index (χ0) is 23.0. The van der Waals surface area contributed by atoms with Crippen LogP contribution in [0.3, 0.4) is 0 Å². The molecule has 0 aliphatic carbocycles. The van der Waals surface area contributed by atoms with E-state index >= 15 is 0 Å². The summed E-state index contributed by atoms with van der Waals surface area (Å²) in [6.07, 6.45) is 0.407. The number of piperidine rings is 1. The van der Waals surface area contributed by atoms with Gasteiger partial charge in [-0.25, -0.2) is 0 Å². The van der Waals surface area contributed by atoms with Gasteiger partial charge in [0.1, 0.15) is 0 Å². The Hall–Kier alpha value is -2.66. The maximum absolute atomic E-state index is 13.5. The quantitative estimate of drug-likeness (QED) is 0.442. The van der Waals surface area contributed by atoms with E-state index in [0.29, 0.717) is 29.6 Å². The van der Waals surface area contributed by atoms with Crippen molar-refractivity contribution in [2.75, 3.05) is 13.1 Å². The molecule has 0 bridgehead atoms. The minimum atomic E-state index is -1.09. The summed E-state index contributed by atoms with van der Waals surface area (Å²) in [7, 11) is 0. The van der Waals surface area contributed by atoms with Gasteiger partial charge in [-0.2, -0.15) is 0 Å². The summed E-state index contributed by atoms with van der Waals surface area (Å²) in [5.41, 5.74) is 2.69. The number of ketones is 1. The molecule has 1 unspecified atom stereocenters. The van der Waals surface area contributed by atoms with Crippen LogP contribution < -0.4 is 0 Å². The van der Waals surface area contributed by atoms with Gasteiger partial charge >= 0.3 is 0 Å². The third-order valence-corrected chi connectivity index (χ3v) is 7.26. The second-order valence-electron chi connectivity index (χ2n) is 8.68. The molecule has 6 heteroatoms. The average molecular weight is 479 g/mol. The van der Waals surface area contributed by atoms with E-state index in [4.69, 9.17) is 28.0 Å². The summed E-state index contributed by atoms with van der Waals surface area (Å²) < 4.78 is 0. The molecule has 1 saturated heterocycles. The number of nitrogens with zero attached hydrogens (tertiary/aromatic N) is 2. The molecular weight excluding hydrogens is 455 g/mol. The van der Waals surface area contributed by atoms with Crippen molar-refractivity contribution in [1.29, 1.82) is 0 Å². The van der Waals surface area contributed by atoms with E-state index in [-0.39, 0.29) is 17.7 Å². The summed E-state index contributed by atoms with van der Waals surface area (Å²) in [6.45, 7) is 3.31. The standard InChI is InChI=1S/C27H24Cl2N2O2/c1-18(19-5-3-2-4-6-19)31-16-15-24(32)27(17-31)25(20-7-11-22(28)12-8-20)26(30-33-27)21-9-13-23(29)14-10-21/h2-14,18,25H,15-17H2,1H3/t18-,25-,27?/m1/s1. The van der Waals surface area contributed by atoms with E-state index in [0.717, 1.165) is 16.8 Å². The van der Waals surface area contributed by atoms with Crippen molar-refractivity contribution in [3.63, 3.8) is 0 Å². The normalized spacial score (nSPS) is 23.9. The molecule has 3 aromatic carbocycles. The van der Waals surface area contributed by atoms with Crippen molar-refractivity contribution in [1.82, 2.24) is 4.90 Å². The van der Waals surface area contributed by atoms with Crippen LogP contribution in [0.1, 0.15) is 42.0 Å². The lowest BCUT2D eigenvalue weighted by atomic mass is 9.72. The fourth-order valence-corrected chi connectivity index (χ4v) is 5.16. The van der Waals surface area contributed by atoms with Gasteiger partial charge in [-0.05, 0) is 42.3 Å². The Balaban J connectivity index is 1.56. The fourth-order valence-electron chi connectivity index (χ4n) is 4.91. The van der Waals surface area contributed by atoms with E-state index in [2.05, 4.69) is 29.1 Å². The number of Topliss-reactive ketones (excluding diaryl/α,β-unsaturated/α-hetero) is 1. The lowest BCUT2D eigenvalue weighted by Gasteiger charge is -2.43. The van der Waals surface area contributed by atoms with Gasteiger partial charge in [-0.1, -0.05) is 83.0 Å². The molecule has 2 heterocycles. The number of carbonyl (C=O) groups excluding carboxylic acids is 1. The number of hydrogen-bond acceptors (Lipinski definition) is 4. The van der Waals surface area contributed by atoms with Crippen molar-refractivity contribution in [3.8, 4) is 0 Å². The maximum atomic E-state index is 13.5. The Kier molecular flexibility index (Phi) is 6.00. The minimum absolute atomic E-state index is 0.0756. The van der Waals surface area contributed by atoms with Crippen molar-refractivity contribution in [2.45, 2.75) is 30.9 Å². The number of oxime groups is 1. The zero-order valence-electron chi connectivity index (χ0n) is 18.2. The van der Waals surface area contributed by atoms with Crippen LogP contribution in [0.4, 0.5) is 0 Å². The Bertz CT molecular complexity index is 1180. The van der Waals surface area contributed by atoms with Crippen LogP contribution in [0.15, 0.2) is 84.0 Å². The van der Waals surface area contributed by atoms with Crippen LogP contribution >= 0.6 is 23.2 Å². The molecule has 2 aliphatic rings. The summed E-state index contributed by atoms with van der Waals surface area (Å²) in [6, 6.07) is 25.6. The molecule has 0 amide bonds. The van der Waals surface area contributed by atoms with Gasteiger partial charge < -0.3 is 4.84 Å². The molecule has 5 rings (SSSR count). The molecule has 3 atom stereocenters. The third kappa shape index (κ3) is 4.08. The summed E-state index contributed by atoms with van der Waals surface area (Å²) in [5.74, 6) is -0.277. The van der Waals surface area contributed by atoms with Gasteiger partial charge in [0.05, 0.1) is 11.6 Å². The highest BCUT2D eigenvalue weighted by Gasteiger charge is 2.58. The van der Waals surface area contributed by atoms with Crippen molar-refractivity contribution in [2.24, 2.45) is 5.16 Å². The number of rotatable bonds is 4. The van der Waals surface area contributed by atoms with E-state index in [1.165, 1.54) is 5.56 Å². The van der Waals surface area contributed by atoms with Gasteiger partial charge in [0.25, 0.3) is 0 Å². The first-order valence-electron chi connectivity index (χ1n) is 11.1. The lowest BCUT2D eigenvalue weighted by molar-refractivity contribution is -0.153. The van der Waals surface area contributed by atoms with Crippen LogP contribution in [0.2, 0.25) is 10.0 Å². The lowest BCUT2D eigenvalue weighted by Crippen LogP contribution is -2.58. The molecule has 1 fully saturated rings. The van der Waals surface area contributed by atoms with E-state index in [1.807, 2.05) is 66.7 Å². The number of hydrogen-bond donors (Lipinski definition) is 0. The largest absolute Gasteiger partial charge is 0.378 e. The van der Waals surface area contributed by atoms with Crippen LogP contribution in [0, 0.1) is 0 Å². The summed E-state index contributed by atoms with van der Waals surface area (Å²) in [5, 5.41) is 5.79. The highest BCUT2D eigenvalue weighted by molar-refractivity contribution is 6.31. The maximum Gasteiger partial charge on any atom is 0.220 e. The van der Waals surface area contributed by atoms with E-state index in [1.54, 1.807) is 0 Å². The zero-order valence-corrected chi connectivity index (χ0v) is 19.8. The van der Waals surface area contributed by atoms with Gasteiger partial charge in [-0.3, -0.25) is 9.69 Å². The highest BCUT2D eigenvalue weighted by Crippen LogP contribution is 2.45.